The van der Waals surface area contributed by atoms with Crippen LogP contribution in [0.25, 0.3) is 0 Å². The molecule has 1 N–H and O–H groups in total. The maximum Gasteiger partial charge on any atom is 0.416 e. The molecular formula is C18H17F4NO2. The number of alkyl halides is 3. The molecule has 0 radical (unpaired) electrons. The zero-order chi connectivity index (χ0) is 18.8. The van der Waals surface area contributed by atoms with Gasteiger partial charge in [-0.3, -0.25) is 0 Å². The van der Waals surface area contributed by atoms with E-state index < -0.39 is 23.5 Å². The van der Waals surface area contributed by atoms with E-state index in [1.165, 1.54) is 12.1 Å². The number of carbonyl (C=O) groups excluding carboxylic acids is 1. The molecule has 0 aliphatic rings. The Morgan fingerprint density at radius 2 is 1.72 bits per heavy atom. The van der Waals surface area contributed by atoms with Gasteiger partial charge in [-0.25, -0.2) is 9.18 Å². The summed E-state index contributed by atoms with van der Waals surface area (Å²) in [5, 5.41) is 2.82. The number of aryl methyl sites for hydroxylation is 2. The van der Waals surface area contributed by atoms with E-state index >= 15 is 0 Å². The molecule has 0 bridgehead atoms. The van der Waals surface area contributed by atoms with Crippen molar-refractivity contribution in [3.8, 4) is 0 Å². The van der Waals surface area contributed by atoms with E-state index in [2.05, 4.69) is 5.32 Å². The maximum absolute atomic E-state index is 13.4. The molecule has 134 valence electrons. The minimum Gasteiger partial charge on any atom is -0.462 e. The third-order valence-electron chi connectivity index (χ3n) is 3.60. The van der Waals surface area contributed by atoms with Crippen LogP contribution in [0.5, 0.6) is 0 Å². The van der Waals surface area contributed by atoms with E-state index in [0.29, 0.717) is 16.8 Å². The number of esters is 1. The van der Waals surface area contributed by atoms with Gasteiger partial charge < -0.3 is 10.1 Å². The number of halogens is 4. The van der Waals surface area contributed by atoms with E-state index in [1.54, 1.807) is 20.8 Å². The first-order valence-electron chi connectivity index (χ1n) is 7.55. The maximum atomic E-state index is 13.4. The van der Waals surface area contributed by atoms with Gasteiger partial charge in [-0.05, 0) is 62.2 Å². The SMILES string of the molecule is CCOC(=O)c1ccc(C(F)(F)F)cc1Nc1c(C)cc(F)cc1C. The summed E-state index contributed by atoms with van der Waals surface area (Å²) in [4.78, 5) is 12.0. The third kappa shape index (κ3) is 4.29. The summed E-state index contributed by atoms with van der Waals surface area (Å²) in [6, 6.07) is 5.24. The van der Waals surface area contributed by atoms with Crippen molar-refractivity contribution < 1.29 is 27.1 Å². The molecule has 0 atom stereocenters. The summed E-state index contributed by atoms with van der Waals surface area (Å²) in [7, 11) is 0. The van der Waals surface area contributed by atoms with Gasteiger partial charge in [-0.1, -0.05) is 0 Å². The predicted octanol–water partition coefficient (Wildman–Crippen LogP) is 5.38. The number of benzene rings is 2. The zero-order valence-electron chi connectivity index (χ0n) is 13.9. The highest BCUT2D eigenvalue weighted by atomic mass is 19.4. The Labute approximate surface area is 142 Å². The van der Waals surface area contributed by atoms with Crippen LogP contribution in [-0.2, 0) is 10.9 Å². The number of ether oxygens (including phenoxy) is 1. The lowest BCUT2D eigenvalue weighted by Gasteiger charge is -2.17. The highest BCUT2D eigenvalue weighted by Crippen LogP contribution is 2.34. The molecule has 0 fully saturated rings. The van der Waals surface area contributed by atoms with Gasteiger partial charge in [0.2, 0.25) is 0 Å². The average Bonchev–Trinajstić information content (AvgIpc) is 2.50. The number of carbonyl (C=O) groups is 1. The van der Waals surface area contributed by atoms with E-state index in [0.717, 1.165) is 18.2 Å². The summed E-state index contributed by atoms with van der Waals surface area (Å²) < 4.78 is 57.3. The molecule has 7 heteroatoms. The Kier molecular flexibility index (Phi) is 5.35. The van der Waals surface area contributed by atoms with Gasteiger partial charge in [0.25, 0.3) is 0 Å². The van der Waals surface area contributed by atoms with Crippen molar-refractivity contribution in [2.24, 2.45) is 0 Å². The van der Waals surface area contributed by atoms with Crippen molar-refractivity contribution in [2.45, 2.75) is 26.9 Å². The van der Waals surface area contributed by atoms with Crippen LogP contribution in [0.15, 0.2) is 30.3 Å². The van der Waals surface area contributed by atoms with Gasteiger partial charge in [0, 0.05) is 5.69 Å². The molecule has 2 rings (SSSR count). The standard InChI is InChI=1S/C18H17F4NO2/c1-4-25-17(24)14-6-5-12(18(20,21)22)9-15(14)23-16-10(2)7-13(19)8-11(16)3/h5-9,23H,4H2,1-3H3. The van der Waals surface area contributed by atoms with Crippen molar-refractivity contribution >= 4 is 17.3 Å². The topological polar surface area (TPSA) is 38.3 Å². The molecule has 0 spiro atoms. The van der Waals surface area contributed by atoms with Crippen LogP contribution < -0.4 is 5.32 Å². The van der Waals surface area contributed by atoms with Crippen molar-refractivity contribution in [2.75, 3.05) is 11.9 Å². The molecule has 0 heterocycles. The first-order valence-corrected chi connectivity index (χ1v) is 7.55. The number of anilines is 2. The Bertz CT molecular complexity index is 777. The van der Waals surface area contributed by atoms with Gasteiger partial charge in [0.05, 0.1) is 23.4 Å². The highest BCUT2D eigenvalue weighted by molar-refractivity contribution is 5.97. The van der Waals surface area contributed by atoms with Crippen molar-refractivity contribution in [3.63, 3.8) is 0 Å². The van der Waals surface area contributed by atoms with Crippen LogP contribution in [0.2, 0.25) is 0 Å². The number of nitrogens with one attached hydrogen (secondary N) is 1. The summed E-state index contributed by atoms with van der Waals surface area (Å²) >= 11 is 0. The first kappa shape index (κ1) is 18.8. The van der Waals surface area contributed by atoms with Crippen LogP contribution >= 0.6 is 0 Å². The molecule has 2 aromatic rings. The normalized spacial score (nSPS) is 11.3. The minimum absolute atomic E-state index is 0.0297. The van der Waals surface area contributed by atoms with Crippen molar-refractivity contribution in [1.29, 1.82) is 0 Å². The third-order valence-corrected chi connectivity index (χ3v) is 3.60. The quantitative estimate of drug-likeness (QED) is 0.591. The van der Waals surface area contributed by atoms with E-state index in [9.17, 15) is 22.4 Å². The van der Waals surface area contributed by atoms with Gasteiger partial charge in [0.1, 0.15) is 5.82 Å². The Morgan fingerprint density at radius 3 is 2.24 bits per heavy atom. The summed E-state index contributed by atoms with van der Waals surface area (Å²) in [5.74, 6) is -1.19. The summed E-state index contributed by atoms with van der Waals surface area (Å²) in [6.07, 6.45) is -4.56. The molecule has 25 heavy (non-hydrogen) atoms. The highest BCUT2D eigenvalue weighted by Gasteiger charge is 2.32. The predicted molar refractivity (Wildman–Crippen MR) is 86.6 cm³/mol. The van der Waals surface area contributed by atoms with Crippen molar-refractivity contribution in [3.05, 3.63) is 58.4 Å². The fourth-order valence-electron chi connectivity index (χ4n) is 2.45. The van der Waals surface area contributed by atoms with Crippen LogP contribution in [-0.4, -0.2) is 12.6 Å². The minimum atomic E-state index is -4.56. The second-order valence-electron chi connectivity index (χ2n) is 5.52. The molecule has 0 unspecified atom stereocenters. The summed E-state index contributed by atoms with van der Waals surface area (Å²) in [5.41, 5.74) is 0.463. The second kappa shape index (κ2) is 7.13. The zero-order valence-corrected chi connectivity index (χ0v) is 13.9. The smallest absolute Gasteiger partial charge is 0.416 e. The van der Waals surface area contributed by atoms with Gasteiger partial charge in [-0.15, -0.1) is 0 Å². The van der Waals surface area contributed by atoms with Crippen LogP contribution in [0.3, 0.4) is 0 Å². The summed E-state index contributed by atoms with van der Waals surface area (Å²) in [6.45, 7) is 4.93. The molecule has 0 saturated heterocycles. The molecule has 3 nitrogen and oxygen atoms in total. The molecule has 2 aromatic carbocycles. The van der Waals surface area contributed by atoms with E-state index in [-0.39, 0.29) is 17.9 Å². The Hall–Kier alpha value is -2.57. The second-order valence-corrected chi connectivity index (χ2v) is 5.52. The van der Waals surface area contributed by atoms with Crippen LogP contribution in [0.4, 0.5) is 28.9 Å². The lowest BCUT2D eigenvalue weighted by Crippen LogP contribution is -2.12. The van der Waals surface area contributed by atoms with E-state index in [1.807, 2.05) is 0 Å². The molecule has 0 aliphatic carbocycles. The largest absolute Gasteiger partial charge is 0.462 e. The van der Waals surface area contributed by atoms with Gasteiger partial charge >= 0.3 is 12.1 Å². The monoisotopic (exact) mass is 355 g/mol. The lowest BCUT2D eigenvalue weighted by molar-refractivity contribution is -0.137. The van der Waals surface area contributed by atoms with Crippen LogP contribution in [0, 0.1) is 19.7 Å². The Balaban J connectivity index is 2.55. The number of hydrogen-bond acceptors (Lipinski definition) is 3. The number of rotatable bonds is 4. The molecule has 0 aliphatic heterocycles. The van der Waals surface area contributed by atoms with Gasteiger partial charge in [-0.2, -0.15) is 13.2 Å². The molecule has 0 saturated carbocycles. The average molecular weight is 355 g/mol. The van der Waals surface area contributed by atoms with E-state index in [4.69, 9.17) is 4.74 Å². The molecule has 0 amide bonds. The fourth-order valence-corrected chi connectivity index (χ4v) is 2.45. The van der Waals surface area contributed by atoms with Gasteiger partial charge in [0.15, 0.2) is 0 Å². The lowest BCUT2D eigenvalue weighted by atomic mass is 10.1. The first-order chi connectivity index (χ1) is 11.6. The van der Waals surface area contributed by atoms with Crippen molar-refractivity contribution in [1.82, 2.24) is 0 Å². The molecular weight excluding hydrogens is 338 g/mol. The molecule has 0 aromatic heterocycles. The Morgan fingerprint density at radius 1 is 1.12 bits per heavy atom. The fraction of sp³-hybridized carbons (Fsp3) is 0.278. The number of hydrogen-bond donors (Lipinski definition) is 1. The van der Waals surface area contributed by atoms with Crippen LogP contribution in [0.1, 0.15) is 34.0 Å².